The minimum Gasteiger partial charge on any atom is -0.480 e. The number of fused-ring (bicyclic) bond motifs is 1. The number of benzene rings is 3. The Morgan fingerprint density at radius 1 is 0.881 bits per heavy atom. The highest BCUT2D eigenvalue weighted by atomic mass is 16.5. The van der Waals surface area contributed by atoms with E-state index >= 15 is 0 Å². The quantitative estimate of drug-likeness (QED) is 0.199. The molecule has 0 unspecified atom stereocenters. The van der Waals surface area contributed by atoms with E-state index in [1.807, 2.05) is 54.6 Å². The van der Waals surface area contributed by atoms with Gasteiger partial charge >= 0.3 is 12.0 Å². The number of amides is 1. The van der Waals surface area contributed by atoms with Crippen LogP contribution in [0.5, 0.6) is 11.9 Å². The van der Waals surface area contributed by atoms with E-state index in [4.69, 9.17) is 19.9 Å². The van der Waals surface area contributed by atoms with E-state index in [0.29, 0.717) is 51.5 Å². The topological polar surface area (TPSA) is 151 Å². The molecule has 0 aliphatic heterocycles. The summed E-state index contributed by atoms with van der Waals surface area (Å²) in [6, 6.07) is 20.7. The van der Waals surface area contributed by atoms with Crippen LogP contribution in [0, 0.1) is 0 Å². The average molecular weight is 565 g/mol. The number of esters is 1. The van der Waals surface area contributed by atoms with E-state index in [1.165, 1.54) is 27.5 Å². The Labute approximate surface area is 241 Å². The molecule has 11 nitrogen and oxygen atoms in total. The first-order valence-electron chi connectivity index (χ1n) is 12.9. The Bertz CT molecular complexity index is 1780. The number of methoxy groups -OCH3 is 3. The molecule has 0 spiro atoms. The van der Waals surface area contributed by atoms with Crippen molar-refractivity contribution < 1.29 is 23.8 Å². The predicted octanol–water partition coefficient (Wildman–Crippen LogP) is 4.95. The Morgan fingerprint density at radius 2 is 1.67 bits per heavy atom. The lowest BCUT2D eigenvalue weighted by atomic mass is 10.0. The van der Waals surface area contributed by atoms with Crippen molar-refractivity contribution in [2.45, 2.75) is 6.54 Å². The molecule has 3 aromatic carbocycles. The maximum Gasteiger partial charge on any atom is 0.337 e. The second kappa shape index (κ2) is 12.2. The largest absolute Gasteiger partial charge is 0.480 e. The van der Waals surface area contributed by atoms with Crippen LogP contribution in [0.4, 0.5) is 17.1 Å². The van der Waals surface area contributed by atoms with Crippen LogP contribution in [-0.4, -0.2) is 48.2 Å². The summed E-state index contributed by atoms with van der Waals surface area (Å²) in [5.41, 5.74) is 10.9. The number of anilines is 3. The summed E-state index contributed by atoms with van der Waals surface area (Å²) in [6.45, 7) is 0.539. The van der Waals surface area contributed by atoms with E-state index in [9.17, 15) is 9.59 Å². The number of nitrogens with two attached hydrogens (primary N) is 1. The van der Waals surface area contributed by atoms with Crippen LogP contribution in [0.25, 0.3) is 22.0 Å². The minimum absolute atomic E-state index is 0.180. The van der Waals surface area contributed by atoms with Crippen molar-refractivity contribution in [3.8, 4) is 23.0 Å². The van der Waals surface area contributed by atoms with Gasteiger partial charge in [0.05, 0.1) is 49.2 Å². The van der Waals surface area contributed by atoms with Crippen LogP contribution in [0.1, 0.15) is 26.3 Å². The zero-order chi connectivity index (χ0) is 29.6. The summed E-state index contributed by atoms with van der Waals surface area (Å²) >= 11 is 0. The highest BCUT2D eigenvalue weighted by Gasteiger charge is 2.18. The van der Waals surface area contributed by atoms with Gasteiger partial charge < -0.3 is 30.6 Å². The molecule has 0 saturated heterocycles. The van der Waals surface area contributed by atoms with Crippen molar-refractivity contribution in [2.75, 3.05) is 32.0 Å². The van der Waals surface area contributed by atoms with Crippen molar-refractivity contribution in [3.05, 3.63) is 95.8 Å². The number of nitrogens with zero attached hydrogens (tertiary/aromatic N) is 3. The molecule has 2 aromatic heterocycles. The second-order valence-corrected chi connectivity index (χ2v) is 9.18. The van der Waals surface area contributed by atoms with Crippen LogP contribution < -0.4 is 25.8 Å². The van der Waals surface area contributed by atoms with Gasteiger partial charge in [-0.15, -0.1) is 0 Å². The van der Waals surface area contributed by atoms with Crippen molar-refractivity contribution in [1.29, 1.82) is 0 Å². The van der Waals surface area contributed by atoms with Gasteiger partial charge in [0.15, 0.2) is 0 Å². The van der Waals surface area contributed by atoms with Crippen molar-refractivity contribution in [2.24, 2.45) is 5.73 Å². The third-order valence-electron chi connectivity index (χ3n) is 6.52. The number of rotatable bonds is 10. The van der Waals surface area contributed by atoms with E-state index in [0.717, 1.165) is 11.1 Å². The Morgan fingerprint density at radius 3 is 2.38 bits per heavy atom. The van der Waals surface area contributed by atoms with Gasteiger partial charge in [0.2, 0.25) is 5.88 Å². The molecule has 0 bridgehead atoms. The van der Waals surface area contributed by atoms with E-state index < -0.39 is 11.9 Å². The molecule has 4 N–H and O–H groups in total. The lowest BCUT2D eigenvalue weighted by Gasteiger charge is -2.16. The number of hydrogen-bond donors (Lipinski definition) is 3. The minimum atomic E-state index is -0.659. The molecule has 0 saturated carbocycles. The number of primary amides is 1. The standard InChI is InChI=1S/C31H28N6O5/c1-40-29-24(16-35-31(37-29)42-3)19-9-10-23-26(13-19)34-17-25(28(32)38)27(23)36-22-12-20(30(39)41-2)11-21(14-22)33-15-18-7-5-4-6-8-18/h4-14,16-17,33H,15H2,1-3H3,(H2,32,38)(H,34,36). The Hall–Kier alpha value is -5.71. The molecule has 42 heavy (non-hydrogen) atoms. The number of nitrogens with one attached hydrogen (secondary N) is 2. The van der Waals surface area contributed by atoms with Gasteiger partial charge in [-0.1, -0.05) is 42.5 Å². The zero-order valence-corrected chi connectivity index (χ0v) is 23.2. The van der Waals surface area contributed by atoms with E-state index in [2.05, 4.69) is 25.6 Å². The molecule has 0 atom stereocenters. The third-order valence-corrected chi connectivity index (χ3v) is 6.52. The van der Waals surface area contributed by atoms with Gasteiger partial charge in [0, 0.05) is 35.7 Å². The monoisotopic (exact) mass is 564 g/mol. The predicted molar refractivity (Wildman–Crippen MR) is 159 cm³/mol. The van der Waals surface area contributed by atoms with Crippen molar-refractivity contribution >= 4 is 39.8 Å². The number of hydrogen-bond acceptors (Lipinski definition) is 10. The van der Waals surface area contributed by atoms with Gasteiger partial charge in [-0.25, -0.2) is 9.78 Å². The molecular formula is C31H28N6O5. The first-order chi connectivity index (χ1) is 20.4. The summed E-state index contributed by atoms with van der Waals surface area (Å²) in [5.74, 6) is -0.826. The number of aromatic nitrogens is 3. The summed E-state index contributed by atoms with van der Waals surface area (Å²) in [7, 11) is 4.31. The van der Waals surface area contributed by atoms with Gasteiger partial charge in [-0.05, 0) is 35.4 Å². The van der Waals surface area contributed by atoms with Crippen LogP contribution in [0.3, 0.4) is 0 Å². The summed E-state index contributed by atoms with van der Waals surface area (Å²) in [5, 5.41) is 7.27. The van der Waals surface area contributed by atoms with Crippen LogP contribution in [0.15, 0.2) is 79.1 Å². The fraction of sp³-hybridized carbons (Fsp3) is 0.129. The molecule has 5 rings (SSSR count). The number of carbonyl (C=O) groups excluding carboxylic acids is 2. The maximum atomic E-state index is 12.5. The third kappa shape index (κ3) is 5.89. The van der Waals surface area contributed by atoms with Gasteiger partial charge in [0.25, 0.3) is 5.91 Å². The first-order valence-corrected chi connectivity index (χ1v) is 12.9. The Kier molecular flexibility index (Phi) is 8.10. The van der Waals surface area contributed by atoms with Crippen LogP contribution >= 0.6 is 0 Å². The fourth-order valence-corrected chi connectivity index (χ4v) is 4.47. The molecule has 212 valence electrons. The normalized spacial score (nSPS) is 10.6. The van der Waals surface area contributed by atoms with Gasteiger partial charge in [-0.3, -0.25) is 9.78 Å². The molecule has 1 amide bonds. The van der Waals surface area contributed by atoms with Crippen LogP contribution in [0.2, 0.25) is 0 Å². The van der Waals surface area contributed by atoms with Crippen LogP contribution in [-0.2, 0) is 11.3 Å². The molecular weight excluding hydrogens is 536 g/mol. The van der Waals surface area contributed by atoms with Crippen molar-refractivity contribution in [1.82, 2.24) is 15.0 Å². The first kappa shape index (κ1) is 27.8. The lowest BCUT2D eigenvalue weighted by molar-refractivity contribution is 0.0600. The zero-order valence-electron chi connectivity index (χ0n) is 23.2. The summed E-state index contributed by atoms with van der Waals surface area (Å²) in [6.07, 6.45) is 3.02. The van der Waals surface area contributed by atoms with E-state index in [1.54, 1.807) is 18.3 Å². The lowest BCUT2D eigenvalue weighted by Crippen LogP contribution is -2.14. The highest BCUT2D eigenvalue weighted by Crippen LogP contribution is 2.35. The van der Waals surface area contributed by atoms with Crippen molar-refractivity contribution in [3.63, 3.8) is 0 Å². The molecule has 0 aliphatic rings. The second-order valence-electron chi connectivity index (χ2n) is 9.18. The molecule has 0 radical (unpaired) electrons. The average Bonchev–Trinajstić information content (AvgIpc) is 3.03. The molecule has 0 aliphatic carbocycles. The summed E-state index contributed by atoms with van der Waals surface area (Å²) < 4.78 is 15.5. The summed E-state index contributed by atoms with van der Waals surface area (Å²) in [4.78, 5) is 37.9. The number of ether oxygens (including phenoxy) is 3. The fourth-order valence-electron chi connectivity index (χ4n) is 4.47. The molecule has 11 heteroatoms. The maximum absolute atomic E-state index is 12.5. The number of carbonyl (C=O) groups is 2. The highest BCUT2D eigenvalue weighted by molar-refractivity contribution is 6.08. The number of pyridine rings is 1. The van der Waals surface area contributed by atoms with Gasteiger partial charge in [0.1, 0.15) is 0 Å². The Balaban J connectivity index is 1.56. The van der Waals surface area contributed by atoms with Gasteiger partial charge in [-0.2, -0.15) is 4.98 Å². The molecule has 2 heterocycles. The SMILES string of the molecule is COC(=O)c1cc(NCc2ccccc2)cc(Nc2c(C(N)=O)cnc3cc(-c4cnc(OC)nc4OC)ccc23)c1. The van der Waals surface area contributed by atoms with E-state index in [-0.39, 0.29) is 11.6 Å². The smallest absolute Gasteiger partial charge is 0.337 e. The molecule has 0 fully saturated rings. The molecule has 5 aromatic rings.